The van der Waals surface area contributed by atoms with Crippen LogP contribution in [-0.4, -0.2) is 44.5 Å². The van der Waals surface area contributed by atoms with Crippen molar-refractivity contribution < 1.29 is 12.8 Å². The fourth-order valence-corrected chi connectivity index (χ4v) is 5.97. The SMILES string of the molecule is Cn1c(CC2CCS(=O)(=O)C2)nnc1SCc1ccn(-c2cccc(F)c2)n1. The number of rotatable bonds is 6. The Labute approximate surface area is 166 Å². The molecule has 0 radical (unpaired) electrons. The Kier molecular flexibility index (Phi) is 5.24. The van der Waals surface area contributed by atoms with E-state index in [4.69, 9.17) is 0 Å². The van der Waals surface area contributed by atoms with Crippen molar-refractivity contribution in [1.29, 1.82) is 0 Å². The first-order valence-corrected chi connectivity index (χ1v) is 11.7. The molecule has 1 unspecified atom stereocenters. The second kappa shape index (κ2) is 7.67. The van der Waals surface area contributed by atoms with Crippen molar-refractivity contribution in [3.8, 4) is 5.69 Å². The molecule has 28 heavy (non-hydrogen) atoms. The smallest absolute Gasteiger partial charge is 0.191 e. The standard InChI is InChI=1S/C18H20FN5O2S2/c1-23-17(9-13-6-8-28(25,26)12-13)20-21-18(23)27-11-15-5-7-24(22-15)16-4-2-3-14(19)10-16/h2-5,7,10,13H,6,8-9,11-12H2,1H3. The van der Waals surface area contributed by atoms with Gasteiger partial charge in [0.05, 0.1) is 22.9 Å². The van der Waals surface area contributed by atoms with Crippen molar-refractivity contribution in [3.05, 3.63) is 53.9 Å². The van der Waals surface area contributed by atoms with Gasteiger partial charge in [-0.15, -0.1) is 10.2 Å². The summed E-state index contributed by atoms with van der Waals surface area (Å²) in [6.07, 6.45) is 3.11. The molecule has 1 aliphatic rings. The maximum Gasteiger partial charge on any atom is 0.191 e. The molecule has 0 aliphatic carbocycles. The van der Waals surface area contributed by atoms with Crippen LogP contribution in [0.4, 0.5) is 4.39 Å². The molecule has 3 aromatic rings. The molecule has 4 rings (SSSR count). The monoisotopic (exact) mass is 421 g/mol. The van der Waals surface area contributed by atoms with Crippen LogP contribution in [0.15, 0.2) is 41.7 Å². The van der Waals surface area contributed by atoms with Gasteiger partial charge < -0.3 is 4.57 Å². The van der Waals surface area contributed by atoms with Crippen molar-refractivity contribution >= 4 is 21.6 Å². The molecule has 0 N–H and O–H groups in total. The van der Waals surface area contributed by atoms with Crippen LogP contribution in [0.2, 0.25) is 0 Å². The second-order valence-electron chi connectivity index (χ2n) is 6.95. The van der Waals surface area contributed by atoms with E-state index in [0.29, 0.717) is 24.3 Å². The van der Waals surface area contributed by atoms with Crippen LogP contribution < -0.4 is 0 Å². The number of benzene rings is 1. The third kappa shape index (κ3) is 4.27. The van der Waals surface area contributed by atoms with E-state index in [0.717, 1.165) is 16.7 Å². The van der Waals surface area contributed by atoms with Crippen LogP contribution in [-0.2, 0) is 29.1 Å². The van der Waals surface area contributed by atoms with Crippen molar-refractivity contribution in [1.82, 2.24) is 24.5 Å². The van der Waals surface area contributed by atoms with E-state index in [1.165, 1.54) is 23.9 Å². The molecule has 0 bridgehead atoms. The topological polar surface area (TPSA) is 82.7 Å². The molecular weight excluding hydrogens is 401 g/mol. The summed E-state index contributed by atoms with van der Waals surface area (Å²) in [5.74, 6) is 1.73. The van der Waals surface area contributed by atoms with E-state index in [9.17, 15) is 12.8 Å². The Hall–Kier alpha value is -2.20. The number of hydrogen-bond donors (Lipinski definition) is 0. The summed E-state index contributed by atoms with van der Waals surface area (Å²) in [7, 11) is -0.993. The average Bonchev–Trinajstić information content (AvgIpc) is 3.34. The molecule has 1 aliphatic heterocycles. The highest BCUT2D eigenvalue weighted by molar-refractivity contribution is 7.98. The van der Waals surface area contributed by atoms with Crippen molar-refractivity contribution in [2.75, 3.05) is 11.5 Å². The van der Waals surface area contributed by atoms with Crippen LogP contribution in [0.1, 0.15) is 17.9 Å². The molecule has 0 amide bonds. The van der Waals surface area contributed by atoms with Gasteiger partial charge in [0.25, 0.3) is 0 Å². The number of aromatic nitrogens is 5. The number of nitrogens with zero attached hydrogens (tertiary/aromatic N) is 5. The highest BCUT2D eigenvalue weighted by Gasteiger charge is 2.29. The van der Waals surface area contributed by atoms with Crippen molar-refractivity contribution in [3.63, 3.8) is 0 Å². The fraction of sp³-hybridized carbons (Fsp3) is 0.389. The summed E-state index contributed by atoms with van der Waals surface area (Å²) >= 11 is 1.51. The summed E-state index contributed by atoms with van der Waals surface area (Å²) in [6, 6.07) is 8.17. The first-order chi connectivity index (χ1) is 13.4. The lowest BCUT2D eigenvalue weighted by atomic mass is 10.1. The second-order valence-corrected chi connectivity index (χ2v) is 10.1. The van der Waals surface area contributed by atoms with Gasteiger partial charge >= 0.3 is 0 Å². The molecule has 10 heteroatoms. The number of thioether (sulfide) groups is 1. The molecule has 1 saturated heterocycles. The third-order valence-electron chi connectivity index (χ3n) is 4.79. The Bertz CT molecular complexity index is 1090. The predicted molar refractivity (Wildman–Crippen MR) is 105 cm³/mol. The lowest BCUT2D eigenvalue weighted by Crippen LogP contribution is -2.11. The zero-order valence-electron chi connectivity index (χ0n) is 15.3. The van der Waals surface area contributed by atoms with Gasteiger partial charge in [-0.1, -0.05) is 17.8 Å². The Morgan fingerprint density at radius 2 is 2.14 bits per heavy atom. The van der Waals surface area contributed by atoms with Gasteiger partial charge in [-0.3, -0.25) is 0 Å². The van der Waals surface area contributed by atoms with E-state index < -0.39 is 9.84 Å². The van der Waals surface area contributed by atoms with Crippen molar-refractivity contribution in [2.45, 2.75) is 23.8 Å². The molecule has 0 spiro atoms. The van der Waals surface area contributed by atoms with Crippen molar-refractivity contribution in [2.24, 2.45) is 13.0 Å². The highest BCUT2D eigenvalue weighted by atomic mass is 32.2. The molecule has 0 saturated carbocycles. The number of hydrogen-bond acceptors (Lipinski definition) is 6. The van der Waals surface area contributed by atoms with E-state index >= 15 is 0 Å². The summed E-state index contributed by atoms with van der Waals surface area (Å²) in [5, 5.41) is 13.7. The van der Waals surface area contributed by atoms with E-state index in [2.05, 4.69) is 15.3 Å². The van der Waals surface area contributed by atoms with Gasteiger partial charge in [0.15, 0.2) is 15.0 Å². The molecule has 1 aromatic carbocycles. The minimum atomic E-state index is -2.89. The molecule has 148 valence electrons. The summed E-state index contributed by atoms with van der Waals surface area (Å²) in [5.41, 5.74) is 1.52. The third-order valence-corrected chi connectivity index (χ3v) is 7.68. The lowest BCUT2D eigenvalue weighted by molar-refractivity contribution is 0.552. The molecule has 1 fully saturated rings. The first kappa shape index (κ1) is 19.1. The minimum absolute atomic E-state index is 0.118. The van der Waals surface area contributed by atoms with Gasteiger partial charge in [0, 0.05) is 25.4 Å². The van der Waals surface area contributed by atoms with Gasteiger partial charge in [0.1, 0.15) is 11.6 Å². The van der Waals surface area contributed by atoms with Gasteiger partial charge in [-0.05, 0) is 36.6 Å². The Balaban J connectivity index is 1.39. The maximum absolute atomic E-state index is 13.4. The maximum atomic E-state index is 13.4. The lowest BCUT2D eigenvalue weighted by Gasteiger charge is -2.07. The summed E-state index contributed by atoms with van der Waals surface area (Å²) in [6.45, 7) is 0. The predicted octanol–water partition coefficient (Wildman–Crippen LogP) is 2.41. The number of halogens is 1. The zero-order valence-corrected chi connectivity index (χ0v) is 17.0. The average molecular weight is 422 g/mol. The largest absolute Gasteiger partial charge is 0.309 e. The molecule has 2 aromatic heterocycles. The molecule has 3 heterocycles. The van der Waals surface area contributed by atoms with Crippen LogP contribution in [0.3, 0.4) is 0 Å². The highest BCUT2D eigenvalue weighted by Crippen LogP contribution is 2.25. The Morgan fingerprint density at radius 1 is 1.29 bits per heavy atom. The van der Waals surface area contributed by atoms with E-state index in [-0.39, 0.29) is 23.2 Å². The normalized spacial score (nSPS) is 18.6. The van der Waals surface area contributed by atoms with E-state index in [1.54, 1.807) is 23.0 Å². The number of sulfone groups is 1. The van der Waals surface area contributed by atoms with Crippen LogP contribution in [0, 0.1) is 11.7 Å². The minimum Gasteiger partial charge on any atom is -0.309 e. The first-order valence-electron chi connectivity index (χ1n) is 8.91. The van der Waals surface area contributed by atoms with Crippen LogP contribution in [0.5, 0.6) is 0 Å². The zero-order chi connectivity index (χ0) is 19.7. The quantitative estimate of drug-likeness (QED) is 0.569. The molecule has 1 atom stereocenters. The summed E-state index contributed by atoms with van der Waals surface area (Å²) < 4.78 is 40.2. The van der Waals surface area contributed by atoms with Gasteiger partial charge in [-0.25, -0.2) is 17.5 Å². The van der Waals surface area contributed by atoms with Crippen LogP contribution >= 0.6 is 11.8 Å². The van der Waals surface area contributed by atoms with Crippen LogP contribution in [0.25, 0.3) is 5.69 Å². The van der Waals surface area contributed by atoms with E-state index in [1.807, 2.05) is 17.7 Å². The Morgan fingerprint density at radius 3 is 2.89 bits per heavy atom. The van der Waals surface area contributed by atoms with Gasteiger partial charge in [-0.2, -0.15) is 5.10 Å². The molecule has 7 nitrogen and oxygen atoms in total. The molecular formula is C18H20FN5O2S2. The fourth-order valence-electron chi connectivity index (χ4n) is 3.28. The van der Waals surface area contributed by atoms with Gasteiger partial charge in [0.2, 0.25) is 0 Å². The summed E-state index contributed by atoms with van der Waals surface area (Å²) in [4.78, 5) is 0.